The number of methoxy groups -OCH3 is 1. The zero-order chi connectivity index (χ0) is 15.4. The van der Waals surface area contributed by atoms with E-state index in [0.717, 1.165) is 24.9 Å². The number of ether oxygens (including phenoxy) is 2. The average molecular weight is 304 g/mol. The van der Waals surface area contributed by atoms with Gasteiger partial charge in [0.05, 0.1) is 12.6 Å². The monoisotopic (exact) mass is 304 g/mol. The maximum atomic E-state index is 5.50. The predicted octanol–water partition coefficient (Wildman–Crippen LogP) is 1.92. The number of pyridine rings is 1. The molecule has 1 aliphatic rings. The summed E-state index contributed by atoms with van der Waals surface area (Å²) in [5.74, 6) is 1.77. The Hall–Kier alpha value is -1.99. The molecule has 0 N–H and O–H groups in total. The van der Waals surface area contributed by atoms with Gasteiger partial charge >= 0.3 is 0 Å². The molecule has 2 aromatic rings. The second-order valence-corrected chi connectivity index (χ2v) is 5.32. The minimum atomic E-state index is 0.223. The maximum Gasteiger partial charge on any atom is 0.244 e. The first-order valence-electron chi connectivity index (χ1n) is 7.40. The minimum Gasteiger partial charge on any atom is -0.475 e. The largest absolute Gasteiger partial charge is 0.475 e. The standard InChI is InChI=1S/C15H20N4O3/c1-19-7-3-4-12(19)15-17-14(18-22-15)11-5-6-16-13(10-11)21-9-8-20-2/h5-6,10,12H,3-4,7-9H2,1-2H3/t12-/m0/s1. The van der Waals surface area contributed by atoms with Crippen LogP contribution >= 0.6 is 0 Å². The summed E-state index contributed by atoms with van der Waals surface area (Å²) in [5.41, 5.74) is 0.832. The quantitative estimate of drug-likeness (QED) is 0.755. The summed E-state index contributed by atoms with van der Waals surface area (Å²) in [5, 5.41) is 4.08. The van der Waals surface area contributed by atoms with Crippen molar-refractivity contribution in [1.29, 1.82) is 0 Å². The molecule has 1 aliphatic heterocycles. The van der Waals surface area contributed by atoms with E-state index < -0.39 is 0 Å². The van der Waals surface area contributed by atoms with E-state index in [1.807, 2.05) is 12.1 Å². The predicted molar refractivity (Wildman–Crippen MR) is 79.5 cm³/mol. The van der Waals surface area contributed by atoms with Crippen molar-refractivity contribution in [3.05, 3.63) is 24.2 Å². The van der Waals surface area contributed by atoms with Crippen LogP contribution in [0.1, 0.15) is 24.8 Å². The van der Waals surface area contributed by atoms with Gasteiger partial charge in [-0.3, -0.25) is 4.90 Å². The molecule has 2 aromatic heterocycles. The van der Waals surface area contributed by atoms with E-state index in [1.54, 1.807) is 13.3 Å². The Labute approximate surface area is 129 Å². The first-order chi connectivity index (χ1) is 10.8. The lowest BCUT2D eigenvalue weighted by molar-refractivity contribution is 0.144. The van der Waals surface area contributed by atoms with Gasteiger partial charge in [-0.2, -0.15) is 4.98 Å². The van der Waals surface area contributed by atoms with Gasteiger partial charge in [0.15, 0.2) is 0 Å². The Morgan fingerprint density at radius 2 is 2.32 bits per heavy atom. The molecule has 0 aromatic carbocycles. The van der Waals surface area contributed by atoms with Gasteiger partial charge in [-0.05, 0) is 32.5 Å². The van der Waals surface area contributed by atoms with Gasteiger partial charge in [-0.15, -0.1) is 0 Å². The molecule has 0 aliphatic carbocycles. The fourth-order valence-corrected chi connectivity index (χ4v) is 2.57. The van der Waals surface area contributed by atoms with Crippen LogP contribution in [-0.2, 0) is 4.74 Å². The highest BCUT2D eigenvalue weighted by Gasteiger charge is 2.28. The van der Waals surface area contributed by atoms with Crippen LogP contribution in [0.15, 0.2) is 22.9 Å². The van der Waals surface area contributed by atoms with Crippen molar-refractivity contribution in [2.24, 2.45) is 0 Å². The van der Waals surface area contributed by atoms with E-state index in [9.17, 15) is 0 Å². The SMILES string of the molecule is COCCOc1cc(-c2noc([C@@H]3CCCN3C)n2)ccn1. The topological polar surface area (TPSA) is 73.5 Å². The zero-order valence-electron chi connectivity index (χ0n) is 12.9. The molecule has 1 fully saturated rings. The Balaban J connectivity index is 1.74. The molecule has 22 heavy (non-hydrogen) atoms. The van der Waals surface area contributed by atoms with Crippen molar-refractivity contribution < 1.29 is 14.0 Å². The third-order valence-corrected chi connectivity index (χ3v) is 3.78. The Morgan fingerprint density at radius 1 is 1.41 bits per heavy atom. The lowest BCUT2D eigenvalue weighted by atomic mass is 10.2. The van der Waals surface area contributed by atoms with Gasteiger partial charge in [0.25, 0.3) is 0 Å². The molecular formula is C15H20N4O3. The lowest BCUT2D eigenvalue weighted by Crippen LogP contribution is -2.17. The van der Waals surface area contributed by atoms with Crippen LogP contribution in [0.25, 0.3) is 11.4 Å². The Morgan fingerprint density at radius 3 is 3.09 bits per heavy atom. The zero-order valence-corrected chi connectivity index (χ0v) is 12.9. The van der Waals surface area contributed by atoms with E-state index in [1.165, 1.54) is 0 Å². The summed E-state index contributed by atoms with van der Waals surface area (Å²) in [6.45, 7) is 2.04. The fourth-order valence-electron chi connectivity index (χ4n) is 2.57. The maximum absolute atomic E-state index is 5.50. The Kier molecular flexibility index (Phi) is 4.65. The second kappa shape index (κ2) is 6.85. The highest BCUT2D eigenvalue weighted by Crippen LogP contribution is 2.30. The second-order valence-electron chi connectivity index (χ2n) is 5.32. The Bertz CT molecular complexity index is 616. The highest BCUT2D eigenvalue weighted by molar-refractivity contribution is 5.55. The van der Waals surface area contributed by atoms with Crippen LogP contribution in [0.5, 0.6) is 5.88 Å². The molecule has 3 rings (SSSR count). The van der Waals surface area contributed by atoms with Crippen LogP contribution in [0.2, 0.25) is 0 Å². The third kappa shape index (κ3) is 3.26. The molecule has 1 saturated heterocycles. The fraction of sp³-hybridized carbons (Fsp3) is 0.533. The molecule has 0 unspecified atom stereocenters. The molecule has 3 heterocycles. The molecule has 0 bridgehead atoms. The lowest BCUT2D eigenvalue weighted by Gasteiger charge is -2.14. The van der Waals surface area contributed by atoms with E-state index in [4.69, 9.17) is 14.0 Å². The van der Waals surface area contributed by atoms with Crippen LogP contribution in [0.3, 0.4) is 0 Å². The normalized spacial score (nSPS) is 18.7. The van der Waals surface area contributed by atoms with Crippen molar-refractivity contribution in [3.63, 3.8) is 0 Å². The molecule has 1 atom stereocenters. The molecule has 0 amide bonds. The summed E-state index contributed by atoms with van der Waals surface area (Å²) in [6, 6.07) is 3.87. The highest BCUT2D eigenvalue weighted by atomic mass is 16.5. The number of likely N-dealkylation sites (tertiary alicyclic amines) is 1. The number of hydrogen-bond acceptors (Lipinski definition) is 7. The van der Waals surface area contributed by atoms with Gasteiger partial charge in [0.1, 0.15) is 6.61 Å². The van der Waals surface area contributed by atoms with Crippen molar-refractivity contribution in [1.82, 2.24) is 20.0 Å². The van der Waals surface area contributed by atoms with Crippen LogP contribution in [0.4, 0.5) is 0 Å². The average Bonchev–Trinajstić information content (AvgIpc) is 3.16. The first-order valence-corrected chi connectivity index (χ1v) is 7.40. The minimum absolute atomic E-state index is 0.223. The molecule has 118 valence electrons. The summed E-state index contributed by atoms with van der Waals surface area (Å²) in [7, 11) is 3.71. The van der Waals surface area contributed by atoms with Crippen molar-refractivity contribution in [3.8, 4) is 17.3 Å². The third-order valence-electron chi connectivity index (χ3n) is 3.78. The molecule has 0 saturated carbocycles. The van der Waals surface area contributed by atoms with Crippen LogP contribution < -0.4 is 4.74 Å². The number of aromatic nitrogens is 3. The summed E-state index contributed by atoms with van der Waals surface area (Å²) < 4.78 is 15.9. The van der Waals surface area contributed by atoms with Crippen LogP contribution in [-0.4, -0.2) is 53.9 Å². The van der Waals surface area contributed by atoms with E-state index in [0.29, 0.717) is 30.8 Å². The van der Waals surface area contributed by atoms with E-state index in [2.05, 4.69) is 27.1 Å². The molecular weight excluding hydrogens is 284 g/mol. The van der Waals surface area contributed by atoms with Gasteiger partial charge in [-0.25, -0.2) is 4.98 Å². The molecule has 7 nitrogen and oxygen atoms in total. The van der Waals surface area contributed by atoms with Crippen molar-refractivity contribution >= 4 is 0 Å². The molecule has 0 radical (unpaired) electrons. The number of nitrogens with zero attached hydrogens (tertiary/aromatic N) is 4. The van der Waals surface area contributed by atoms with Gasteiger partial charge in [0.2, 0.25) is 17.6 Å². The van der Waals surface area contributed by atoms with Gasteiger partial charge < -0.3 is 14.0 Å². The summed E-state index contributed by atoms with van der Waals surface area (Å²) in [6.07, 6.45) is 3.89. The molecule has 7 heteroatoms. The number of rotatable bonds is 6. The smallest absolute Gasteiger partial charge is 0.244 e. The summed E-state index contributed by atoms with van der Waals surface area (Å²) >= 11 is 0. The van der Waals surface area contributed by atoms with E-state index in [-0.39, 0.29) is 6.04 Å². The van der Waals surface area contributed by atoms with E-state index >= 15 is 0 Å². The van der Waals surface area contributed by atoms with Crippen molar-refractivity contribution in [2.45, 2.75) is 18.9 Å². The summed E-state index contributed by atoms with van der Waals surface area (Å²) in [4.78, 5) is 10.9. The van der Waals surface area contributed by atoms with Gasteiger partial charge in [0, 0.05) is 24.9 Å². The first kappa shape index (κ1) is 14.9. The van der Waals surface area contributed by atoms with Gasteiger partial charge in [-0.1, -0.05) is 5.16 Å². The van der Waals surface area contributed by atoms with Crippen LogP contribution in [0, 0.1) is 0 Å². The molecule has 0 spiro atoms. The van der Waals surface area contributed by atoms with Crippen molar-refractivity contribution in [2.75, 3.05) is 33.9 Å². The number of hydrogen-bond donors (Lipinski definition) is 0.